The van der Waals surface area contributed by atoms with Gasteiger partial charge in [0, 0.05) is 18.0 Å². The number of aromatic nitrogens is 4. The predicted molar refractivity (Wildman–Crippen MR) is 79.0 cm³/mol. The maximum Gasteiger partial charge on any atom is 0.250 e. The van der Waals surface area contributed by atoms with E-state index in [1.165, 1.54) is 4.68 Å². The summed E-state index contributed by atoms with van der Waals surface area (Å²) < 4.78 is 1.52. The zero-order valence-electron chi connectivity index (χ0n) is 10.2. The van der Waals surface area contributed by atoms with E-state index in [4.69, 9.17) is 28.9 Å². The zero-order chi connectivity index (χ0) is 14.1. The van der Waals surface area contributed by atoms with E-state index in [1.54, 1.807) is 36.8 Å². The fourth-order valence-electron chi connectivity index (χ4n) is 1.77. The predicted octanol–water partition coefficient (Wildman–Crippen LogP) is 3.22. The highest BCUT2D eigenvalue weighted by atomic mass is 35.5. The van der Waals surface area contributed by atoms with Crippen LogP contribution in [0.2, 0.25) is 10.0 Å². The van der Waals surface area contributed by atoms with E-state index in [9.17, 15) is 0 Å². The van der Waals surface area contributed by atoms with E-state index < -0.39 is 0 Å². The van der Waals surface area contributed by atoms with Crippen LogP contribution in [0.3, 0.4) is 0 Å². The van der Waals surface area contributed by atoms with Gasteiger partial charge in [-0.05, 0) is 18.2 Å². The molecule has 3 rings (SSSR count). The number of benzene rings is 1. The van der Waals surface area contributed by atoms with Gasteiger partial charge in [0.25, 0.3) is 5.95 Å². The van der Waals surface area contributed by atoms with Crippen molar-refractivity contribution < 1.29 is 0 Å². The Hall–Kier alpha value is -2.11. The van der Waals surface area contributed by atoms with Gasteiger partial charge in [0.2, 0.25) is 0 Å². The number of nitrogens with two attached hydrogens (primary N) is 1. The Bertz CT molecular complexity index is 755. The van der Waals surface area contributed by atoms with Gasteiger partial charge in [0.05, 0.1) is 21.9 Å². The number of anilines is 1. The standard InChI is InChI=1S/C13H9Cl2N5/c14-9-3-2-8(6-10(9)15)12-11(16)7-20(19-12)13-17-4-1-5-18-13/h1-7H,16H2. The summed E-state index contributed by atoms with van der Waals surface area (Å²) >= 11 is 11.9. The third-order valence-electron chi connectivity index (χ3n) is 2.69. The second kappa shape index (κ2) is 5.11. The fourth-order valence-corrected chi connectivity index (χ4v) is 2.07. The summed E-state index contributed by atoms with van der Waals surface area (Å²) in [4.78, 5) is 8.23. The molecule has 0 aliphatic heterocycles. The minimum atomic E-state index is 0.450. The first-order valence-corrected chi connectivity index (χ1v) is 6.48. The molecule has 2 N–H and O–H groups in total. The summed E-state index contributed by atoms with van der Waals surface area (Å²) in [7, 11) is 0. The van der Waals surface area contributed by atoms with Crippen molar-refractivity contribution in [1.29, 1.82) is 0 Å². The molecule has 0 bridgehead atoms. The largest absolute Gasteiger partial charge is 0.396 e. The minimum Gasteiger partial charge on any atom is -0.396 e. The Morgan fingerprint density at radius 1 is 1.05 bits per heavy atom. The average molecular weight is 306 g/mol. The van der Waals surface area contributed by atoms with Crippen LogP contribution in [0.1, 0.15) is 0 Å². The number of nitrogen functional groups attached to an aromatic ring is 1. The summed E-state index contributed by atoms with van der Waals surface area (Å²) in [5.41, 5.74) is 7.89. The normalized spacial score (nSPS) is 10.7. The monoisotopic (exact) mass is 305 g/mol. The van der Waals surface area contributed by atoms with Gasteiger partial charge in [0.1, 0.15) is 5.69 Å². The molecule has 0 fully saturated rings. The van der Waals surface area contributed by atoms with Crippen molar-refractivity contribution in [2.24, 2.45) is 0 Å². The summed E-state index contributed by atoms with van der Waals surface area (Å²) in [5, 5.41) is 5.32. The van der Waals surface area contributed by atoms with Gasteiger partial charge >= 0.3 is 0 Å². The van der Waals surface area contributed by atoms with Crippen molar-refractivity contribution in [1.82, 2.24) is 19.7 Å². The van der Waals surface area contributed by atoms with E-state index in [0.29, 0.717) is 27.4 Å². The van der Waals surface area contributed by atoms with Gasteiger partial charge in [-0.25, -0.2) is 14.6 Å². The van der Waals surface area contributed by atoms with Gasteiger partial charge in [-0.15, -0.1) is 0 Å². The van der Waals surface area contributed by atoms with Crippen LogP contribution in [0.15, 0.2) is 42.9 Å². The maximum atomic E-state index is 6.01. The summed E-state index contributed by atoms with van der Waals surface area (Å²) in [6.07, 6.45) is 4.94. The molecule has 0 unspecified atom stereocenters. The van der Waals surface area contributed by atoms with E-state index in [0.717, 1.165) is 5.56 Å². The molecule has 0 saturated carbocycles. The van der Waals surface area contributed by atoms with Crippen molar-refractivity contribution in [3.05, 3.63) is 52.9 Å². The summed E-state index contributed by atoms with van der Waals surface area (Å²) in [6.45, 7) is 0. The quantitative estimate of drug-likeness (QED) is 0.789. The molecule has 2 aromatic heterocycles. The molecule has 0 amide bonds. The topological polar surface area (TPSA) is 69.6 Å². The van der Waals surface area contributed by atoms with Gasteiger partial charge in [-0.2, -0.15) is 5.10 Å². The van der Waals surface area contributed by atoms with Gasteiger partial charge < -0.3 is 5.73 Å². The van der Waals surface area contributed by atoms with Gasteiger partial charge in [-0.1, -0.05) is 29.3 Å². The van der Waals surface area contributed by atoms with Crippen LogP contribution < -0.4 is 5.73 Å². The van der Waals surface area contributed by atoms with Crippen LogP contribution in [-0.4, -0.2) is 19.7 Å². The zero-order valence-corrected chi connectivity index (χ0v) is 11.7. The molecule has 1 aromatic carbocycles. The number of halogens is 2. The Kier molecular flexibility index (Phi) is 3.30. The molecular weight excluding hydrogens is 297 g/mol. The molecular formula is C13H9Cl2N5. The first-order valence-electron chi connectivity index (χ1n) is 5.73. The van der Waals surface area contributed by atoms with Crippen LogP contribution in [-0.2, 0) is 0 Å². The highest BCUT2D eigenvalue weighted by Crippen LogP contribution is 2.30. The SMILES string of the molecule is Nc1cn(-c2ncccn2)nc1-c1ccc(Cl)c(Cl)c1. The second-order valence-corrected chi connectivity index (χ2v) is 4.87. The molecule has 100 valence electrons. The number of hydrogen-bond donors (Lipinski definition) is 1. The van der Waals surface area contributed by atoms with Crippen LogP contribution in [0, 0.1) is 0 Å². The maximum absolute atomic E-state index is 6.01. The molecule has 0 aliphatic rings. The van der Waals surface area contributed by atoms with Crippen molar-refractivity contribution in [2.45, 2.75) is 0 Å². The van der Waals surface area contributed by atoms with Crippen molar-refractivity contribution in [3.8, 4) is 17.2 Å². The highest BCUT2D eigenvalue weighted by molar-refractivity contribution is 6.42. The van der Waals surface area contributed by atoms with Crippen LogP contribution in [0.5, 0.6) is 0 Å². The molecule has 0 spiro atoms. The Morgan fingerprint density at radius 2 is 1.80 bits per heavy atom. The lowest BCUT2D eigenvalue weighted by molar-refractivity contribution is 0.811. The third kappa shape index (κ3) is 2.33. The average Bonchev–Trinajstić information content (AvgIpc) is 2.85. The third-order valence-corrected chi connectivity index (χ3v) is 3.43. The molecule has 5 nitrogen and oxygen atoms in total. The van der Waals surface area contributed by atoms with Gasteiger partial charge in [0.15, 0.2) is 0 Å². The van der Waals surface area contributed by atoms with E-state index in [2.05, 4.69) is 15.1 Å². The molecule has 0 aliphatic carbocycles. The lowest BCUT2D eigenvalue weighted by atomic mass is 10.1. The van der Waals surface area contributed by atoms with E-state index >= 15 is 0 Å². The Labute approximate surface area is 125 Å². The highest BCUT2D eigenvalue weighted by Gasteiger charge is 2.12. The number of nitrogens with zero attached hydrogens (tertiary/aromatic N) is 4. The minimum absolute atomic E-state index is 0.450. The van der Waals surface area contributed by atoms with Crippen molar-refractivity contribution in [2.75, 3.05) is 5.73 Å². The lowest BCUT2D eigenvalue weighted by Gasteiger charge is -2.01. The molecule has 0 atom stereocenters. The molecule has 2 heterocycles. The Morgan fingerprint density at radius 3 is 2.50 bits per heavy atom. The van der Waals surface area contributed by atoms with Crippen LogP contribution in [0.25, 0.3) is 17.2 Å². The molecule has 0 radical (unpaired) electrons. The lowest BCUT2D eigenvalue weighted by Crippen LogP contribution is -2.00. The van der Waals surface area contributed by atoms with Crippen molar-refractivity contribution >= 4 is 28.9 Å². The summed E-state index contributed by atoms with van der Waals surface area (Å²) in [6, 6.07) is 6.97. The molecule has 7 heteroatoms. The fraction of sp³-hybridized carbons (Fsp3) is 0. The molecule has 0 saturated heterocycles. The smallest absolute Gasteiger partial charge is 0.250 e. The molecule has 20 heavy (non-hydrogen) atoms. The first kappa shape index (κ1) is 12.9. The second-order valence-electron chi connectivity index (χ2n) is 4.06. The van der Waals surface area contributed by atoms with Crippen LogP contribution >= 0.6 is 23.2 Å². The van der Waals surface area contributed by atoms with E-state index in [-0.39, 0.29) is 0 Å². The van der Waals surface area contributed by atoms with Crippen molar-refractivity contribution in [3.63, 3.8) is 0 Å². The van der Waals surface area contributed by atoms with Crippen LogP contribution in [0.4, 0.5) is 5.69 Å². The van der Waals surface area contributed by atoms with Gasteiger partial charge in [-0.3, -0.25) is 0 Å². The number of hydrogen-bond acceptors (Lipinski definition) is 4. The molecule has 3 aromatic rings. The first-order chi connectivity index (χ1) is 9.65. The summed E-state index contributed by atoms with van der Waals surface area (Å²) in [5.74, 6) is 0.450. The van der Waals surface area contributed by atoms with E-state index in [1.807, 2.05) is 6.07 Å². The number of rotatable bonds is 2. The Balaban J connectivity index is 2.07.